The van der Waals surface area contributed by atoms with Gasteiger partial charge in [0.1, 0.15) is 0 Å². The van der Waals surface area contributed by atoms with Gasteiger partial charge in [0, 0.05) is 0 Å². The monoisotopic (exact) mass is 112 g/mol. The molecule has 0 heterocycles. The molecule has 0 heteroatoms. The van der Waals surface area contributed by atoms with Crippen molar-refractivity contribution in [2.45, 2.75) is 33.1 Å². The summed E-state index contributed by atoms with van der Waals surface area (Å²) in [6.07, 6.45) is 5.77. The van der Waals surface area contributed by atoms with Crippen LogP contribution >= 0.6 is 0 Å². The zero-order valence-corrected chi connectivity index (χ0v) is 5.98. The van der Waals surface area contributed by atoms with Gasteiger partial charge in [-0.05, 0) is 18.8 Å². The van der Waals surface area contributed by atoms with Crippen LogP contribution in [0.25, 0.3) is 0 Å². The molecule has 0 saturated heterocycles. The molecule has 1 unspecified atom stereocenters. The molecule has 0 aliphatic heterocycles. The van der Waals surface area contributed by atoms with Crippen LogP contribution in [0.15, 0.2) is 12.7 Å². The van der Waals surface area contributed by atoms with E-state index < -0.39 is 0 Å². The van der Waals surface area contributed by atoms with E-state index in [1.54, 1.807) is 0 Å². The zero-order chi connectivity index (χ0) is 6.41. The van der Waals surface area contributed by atoms with Gasteiger partial charge in [-0.3, -0.25) is 0 Å². The molecular formula is C8H16. The molecule has 0 aromatic carbocycles. The summed E-state index contributed by atoms with van der Waals surface area (Å²) >= 11 is 0. The summed E-state index contributed by atoms with van der Waals surface area (Å²) in [4.78, 5) is 0. The van der Waals surface area contributed by atoms with E-state index in [0.29, 0.717) is 0 Å². The molecule has 0 amide bonds. The predicted octanol–water partition coefficient (Wildman–Crippen LogP) is 3.00. The average molecular weight is 112 g/mol. The Labute approximate surface area is 52.6 Å². The van der Waals surface area contributed by atoms with Gasteiger partial charge in [-0.1, -0.05) is 26.3 Å². The third-order valence-electron chi connectivity index (χ3n) is 1.56. The van der Waals surface area contributed by atoms with Crippen molar-refractivity contribution in [2.75, 3.05) is 0 Å². The molecule has 0 rings (SSSR count). The van der Waals surface area contributed by atoms with Crippen LogP contribution in [0, 0.1) is 5.92 Å². The molecule has 0 aliphatic rings. The summed E-state index contributed by atoms with van der Waals surface area (Å²) in [5.41, 5.74) is 0. The van der Waals surface area contributed by atoms with E-state index in [0.717, 1.165) is 5.92 Å². The minimum Gasteiger partial charge on any atom is -0.103 e. The SMILES string of the molecule is C=CCCC(C)CC. The van der Waals surface area contributed by atoms with Crippen molar-refractivity contribution in [3.63, 3.8) is 0 Å². The van der Waals surface area contributed by atoms with E-state index in [-0.39, 0.29) is 0 Å². The number of allylic oxidation sites excluding steroid dienone is 1. The first-order chi connectivity index (χ1) is 3.81. The van der Waals surface area contributed by atoms with Crippen molar-refractivity contribution in [3.05, 3.63) is 12.7 Å². The van der Waals surface area contributed by atoms with Crippen LogP contribution in [0.5, 0.6) is 0 Å². The van der Waals surface area contributed by atoms with Gasteiger partial charge in [0.15, 0.2) is 0 Å². The molecular weight excluding hydrogens is 96.1 g/mol. The maximum atomic E-state index is 3.67. The predicted molar refractivity (Wildman–Crippen MR) is 38.9 cm³/mol. The second kappa shape index (κ2) is 4.89. The van der Waals surface area contributed by atoms with Crippen LogP contribution in [0.4, 0.5) is 0 Å². The Morgan fingerprint density at radius 2 is 2.25 bits per heavy atom. The number of rotatable bonds is 4. The van der Waals surface area contributed by atoms with Crippen LogP contribution in [-0.4, -0.2) is 0 Å². The van der Waals surface area contributed by atoms with E-state index in [1.807, 2.05) is 6.08 Å². The molecule has 8 heavy (non-hydrogen) atoms. The lowest BCUT2D eigenvalue weighted by molar-refractivity contribution is 0.522. The average Bonchev–Trinajstić information content (AvgIpc) is 1.83. The molecule has 0 spiro atoms. The van der Waals surface area contributed by atoms with Crippen LogP contribution in [0.1, 0.15) is 33.1 Å². The highest BCUT2D eigenvalue weighted by molar-refractivity contribution is 4.67. The normalized spacial score (nSPS) is 13.2. The molecule has 0 bridgehead atoms. The minimum atomic E-state index is 0.882. The van der Waals surface area contributed by atoms with Gasteiger partial charge in [-0.15, -0.1) is 6.58 Å². The second-order valence-electron chi connectivity index (χ2n) is 2.38. The van der Waals surface area contributed by atoms with Crippen LogP contribution < -0.4 is 0 Å². The molecule has 0 fully saturated rings. The van der Waals surface area contributed by atoms with Gasteiger partial charge in [0.05, 0.1) is 0 Å². The highest BCUT2D eigenvalue weighted by Crippen LogP contribution is 2.08. The highest BCUT2D eigenvalue weighted by Gasteiger charge is 1.93. The number of hydrogen-bond donors (Lipinski definition) is 0. The quantitative estimate of drug-likeness (QED) is 0.490. The molecule has 0 N–H and O–H groups in total. The van der Waals surface area contributed by atoms with Crippen LogP contribution in [-0.2, 0) is 0 Å². The third kappa shape index (κ3) is 3.91. The van der Waals surface area contributed by atoms with Gasteiger partial charge in [0.2, 0.25) is 0 Å². The van der Waals surface area contributed by atoms with Gasteiger partial charge in [0.25, 0.3) is 0 Å². The lowest BCUT2D eigenvalue weighted by Crippen LogP contribution is -1.88. The van der Waals surface area contributed by atoms with Crippen LogP contribution in [0.2, 0.25) is 0 Å². The Hall–Kier alpha value is -0.260. The fourth-order valence-corrected chi connectivity index (χ4v) is 0.606. The second-order valence-corrected chi connectivity index (χ2v) is 2.38. The fraction of sp³-hybridized carbons (Fsp3) is 0.750. The maximum absolute atomic E-state index is 3.67. The van der Waals surface area contributed by atoms with E-state index in [1.165, 1.54) is 19.3 Å². The van der Waals surface area contributed by atoms with E-state index >= 15 is 0 Å². The van der Waals surface area contributed by atoms with E-state index in [4.69, 9.17) is 0 Å². The summed E-state index contributed by atoms with van der Waals surface area (Å²) < 4.78 is 0. The van der Waals surface area contributed by atoms with Gasteiger partial charge < -0.3 is 0 Å². The Balaban J connectivity index is 2.97. The van der Waals surface area contributed by atoms with Gasteiger partial charge >= 0.3 is 0 Å². The van der Waals surface area contributed by atoms with Gasteiger partial charge in [-0.2, -0.15) is 0 Å². The van der Waals surface area contributed by atoms with E-state index in [9.17, 15) is 0 Å². The van der Waals surface area contributed by atoms with Crippen molar-refractivity contribution in [2.24, 2.45) is 5.92 Å². The largest absolute Gasteiger partial charge is 0.103 e. The fourth-order valence-electron chi connectivity index (χ4n) is 0.606. The van der Waals surface area contributed by atoms with Crippen molar-refractivity contribution >= 4 is 0 Å². The molecule has 1 atom stereocenters. The smallest absolute Gasteiger partial charge is 0.0351 e. The Kier molecular flexibility index (Phi) is 4.73. The minimum absolute atomic E-state index is 0.882. The molecule has 0 saturated carbocycles. The lowest BCUT2D eigenvalue weighted by Gasteiger charge is -2.03. The number of hydrogen-bond acceptors (Lipinski definition) is 0. The van der Waals surface area contributed by atoms with Crippen molar-refractivity contribution in [1.29, 1.82) is 0 Å². The Morgan fingerprint density at radius 3 is 2.62 bits per heavy atom. The first kappa shape index (κ1) is 7.74. The molecule has 0 nitrogen and oxygen atoms in total. The molecule has 0 aromatic rings. The summed E-state index contributed by atoms with van der Waals surface area (Å²) in [6, 6.07) is 0. The van der Waals surface area contributed by atoms with Crippen molar-refractivity contribution in [1.82, 2.24) is 0 Å². The Bertz CT molecular complexity index is 55.1. The zero-order valence-electron chi connectivity index (χ0n) is 5.98. The first-order valence-corrected chi connectivity index (χ1v) is 3.42. The van der Waals surface area contributed by atoms with Crippen molar-refractivity contribution < 1.29 is 0 Å². The molecule has 0 aromatic heterocycles. The maximum Gasteiger partial charge on any atom is -0.0351 e. The highest BCUT2D eigenvalue weighted by atomic mass is 14.0. The molecule has 0 radical (unpaired) electrons. The summed E-state index contributed by atoms with van der Waals surface area (Å²) in [5, 5.41) is 0. The summed E-state index contributed by atoms with van der Waals surface area (Å²) in [7, 11) is 0. The third-order valence-corrected chi connectivity index (χ3v) is 1.56. The lowest BCUT2D eigenvalue weighted by atomic mass is 10.0. The topological polar surface area (TPSA) is 0 Å². The summed E-state index contributed by atoms with van der Waals surface area (Å²) in [5.74, 6) is 0.882. The molecule has 0 aliphatic carbocycles. The Morgan fingerprint density at radius 1 is 1.62 bits per heavy atom. The standard InChI is InChI=1S/C8H16/c1-4-6-7-8(3)5-2/h4,8H,1,5-7H2,2-3H3. The van der Waals surface area contributed by atoms with Gasteiger partial charge in [-0.25, -0.2) is 0 Å². The van der Waals surface area contributed by atoms with Crippen LogP contribution in [0.3, 0.4) is 0 Å². The molecule has 48 valence electrons. The van der Waals surface area contributed by atoms with E-state index in [2.05, 4.69) is 20.4 Å². The first-order valence-electron chi connectivity index (χ1n) is 3.42. The van der Waals surface area contributed by atoms with Crippen molar-refractivity contribution in [3.8, 4) is 0 Å². The summed E-state index contributed by atoms with van der Waals surface area (Å²) in [6.45, 7) is 8.18.